The second-order valence-corrected chi connectivity index (χ2v) is 8.66. The number of hydrogen-bond acceptors (Lipinski definition) is 4. The summed E-state index contributed by atoms with van der Waals surface area (Å²) in [6, 6.07) is 4.34. The summed E-state index contributed by atoms with van der Waals surface area (Å²) in [6.45, 7) is 6.88. The molecule has 1 aromatic carbocycles. The van der Waals surface area contributed by atoms with Crippen LogP contribution < -0.4 is 10.6 Å². The SMILES string of the molecule is CC[C@@H](CS(=O)(=O)c1ccc(C)c(C)c1)NC(=O)NC[C@H]1CCCO1. The van der Waals surface area contributed by atoms with Gasteiger partial charge in [0, 0.05) is 19.2 Å². The van der Waals surface area contributed by atoms with Crippen molar-refractivity contribution in [3.8, 4) is 0 Å². The first-order valence-corrected chi connectivity index (χ1v) is 10.4. The Bertz CT molecular complexity index is 697. The van der Waals surface area contributed by atoms with Crippen LogP contribution in [0.4, 0.5) is 4.79 Å². The van der Waals surface area contributed by atoms with E-state index in [1.165, 1.54) is 0 Å². The maximum atomic E-state index is 12.6. The number of urea groups is 1. The molecule has 25 heavy (non-hydrogen) atoms. The van der Waals surface area contributed by atoms with Gasteiger partial charge in [0.2, 0.25) is 0 Å². The third-order valence-corrected chi connectivity index (χ3v) is 6.41. The lowest BCUT2D eigenvalue weighted by atomic mass is 10.1. The van der Waals surface area contributed by atoms with Crippen molar-refractivity contribution in [1.82, 2.24) is 10.6 Å². The molecule has 7 heteroatoms. The van der Waals surface area contributed by atoms with Gasteiger partial charge < -0.3 is 15.4 Å². The van der Waals surface area contributed by atoms with Crippen molar-refractivity contribution in [2.45, 2.75) is 57.1 Å². The molecular formula is C18H28N2O4S. The van der Waals surface area contributed by atoms with Crippen molar-refractivity contribution in [3.05, 3.63) is 29.3 Å². The van der Waals surface area contributed by atoms with Gasteiger partial charge in [0.25, 0.3) is 0 Å². The fourth-order valence-corrected chi connectivity index (χ4v) is 4.45. The molecule has 1 aromatic rings. The first-order valence-electron chi connectivity index (χ1n) is 8.77. The van der Waals surface area contributed by atoms with E-state index in [2.05, 4.69) is 10.6 Å². The van der Waals surface area contributed by atoms with Crippen molar-refractivity contribution in [2.24, 2.45) is 0 Å². The summed E-state index contributed by atoms with van der Waals surface area (Å²) in [6.07, 6.45) is 2.56. The topological polar surface area (TPSA) is 84.5 Å². The second-order valence-electron chi connectivity index (χ2n) is 6.62. The zero-order chi connectivity index (χ0) is 18.4. The van der Waals surface area contributed by atoms with E-state index in [1.54, 1.807) is 12.1 Å². The van der Waals surface area contributed by atoms with E-state index in [1.807, 2.05) is 26.8 Å². The Balaban J connectivity index is 1.92. The van der Waals surface area contributed by atoms with Gasteiger partial charge in [0.05, 0.1) is 16.8 Å². The van der Waals surface area contributed by atoms with E-state index >= 15 is 0 Å². The van der Waals surface area contributed by atoms with E-state index in [-0.39, 0.29) is 17.9 Å². The summed E-state index contributed by atoms with van der Waals surface area (Å²) >= 11 is 0. The van der Waals surface area contributed by atoms with Gasteiger partial charge in [-0.2, -0.15) is 0 Å². The van der Waals surface area contributed by atoms with E-state index < -0.39 is 15.9 Å². The van der Waals surface area contributed by atoms with Crippen LogP contribution in [0.2, 0.25) is 0 Å². The van der Waals surface area contributed by atoms with E-state index in [9.17, 15) is 13.2 Å². The summed E-state index contributed by atoms with van der Waals surface area (Å²) in [7, 11) is -3.45. The van der Waals surface area contributed by atoms with Gasteiger partial charge in [-0.3, -0.25) is 0 Å². The molecule has 6 nitrogen and oxygen atoms in total. The zero-order valence-electron chi connectivity index (χ0n) is 15.2. The van der Waals surface area contributed by atoms with Gasteiger partial charge in [-0.25, -0.2) is 13.2 Å². The summed E-state index contributed by atoms with van der Waals surface area (Å²) in [5.41, 5.74) is 1.99. The molecule has 0 unspecified atom stereocenters. The summed E-state index contributed by atoms with van der Waals surface area (Å²) < 4.78 is 30.7. The monoisotopic (exact) mass is 368 g/mol. The Kier molecular flexibility index (Phi) is 6.84. The number of amides is 2. The molecule has 0 aliphatic carbocycles. The molecule has 1 aliphatic heterocycles. The highest BCUT2D eigenvalue weighted by atomic mass is 32.2. The third-order valence-electron chi connectivity index (χ3n) is 4.60. The van der Waals surface area contributed by atoms with E-state index in [0.29, 0.717) is 17.9 Å². The molecule has 0 saturated carbocycles. The molecule has 2 N–H and O–H groups in total. The van der Waals surface area contributed by atoms with Gasteiger partial charge in [0.1, 0.15) is 0 Å². The van der Waals surface area contributed by atoms with Crippen LogP contribution in [-0.2, 0) is 14.6 Å². The number of aryl methyl sites for hydroxylation is 2. The lowest BCUT2D eigenvalue weighted by Crippen LogP contribution is -2.46. The Morgan fingerprint density at radius 3 is 2.68 bits per heavy atom. The number of sulfone groups is 1. The standard InChI is InChI=1S/C18H28N2O4S/c1-4-15(20-18(21)19-11-16-6-5-9-24-16)12-25(22,23)17-8-7-13(2)14(3)10-17/h7-8,10,15-16H,4-6,9,11-12H2,1-3H3,(H2,19,20,21)/t15-,16+/m0/s1. The van der Waals surface area contributed by atoms with Gasteiger partial charge in [-0.05, 0) is 56.4 Å². The molecule has 2 rings (SSSR count). The van der Waals surface area contributed by atoms with Crippen LogP contribution in [0.15, 0.2) is 23.1 Å². The Hall–Kier alpha value is -1.60. The van der Waals surface area contributed by atoms with E-state index in [4.69, 9.17) is 4.74 Å². The average Bonchev–Trinajstić information content (AvgIpc) is 3.08. The highest BCUT2D eigenvalue weighted by Crippen LogP contribution is 2.17. The fourth-order valence-electron chi connectivity index (χ4n) is 2.78. The highest BCUT2D eigenvalue weighted by Gasteiger charge is 2.23. The third kappa shape index (κ3) is 5.71. The molecule has 0 spiro atoms. The Morgan fingerprint density at radius 2 is 2.08 bits per heavy atom. The predicted octanol–water partition coefficient (Wildman–Crippen LogP) is 2.33. The summed E-state index contributed by atoms with van der Waals surface area (Å²) in [5, 5.41) is 5.52. The number of nitrogens with one attached hydrogen (secondary N) is 2. The molecule has 1 aliphatic rings. The largest absolute Gasteiger partial charge is 0.376 e. The number of ether oxygens (including phenoxy) is 1. The van der Waals surface area contributed by atoms with Crippen LogP contribution in [0.5, 0.6) is 0 Å². The molecular weight excluding hydrogens is 340 g/mol. The minimum absolute atomic E-state index is 0.0603. The molecule has 0 aromatic heterocycles. The minimum atomic E-state index is -3.45. The molecule has 0 radical (unpaired) electrons. The predicted molar refractivity (Wildman–Crippen MR) is 97.6 cm³/mol. The van der Waals surface area contributed by atoms with Crippen LogP contribution in [0.3, 0.4) is 0 Å². The van der Waals surface area contributed by atoms with Crippen LogP contribution in [0.25, 0.3) is 0 Å². The highest BCUT2D eigenvalue weighted by molar-refractivity contribution is 7.91. The van der Waals surface area contributed by atoms with Crippen LogP contribution in [-0.4, -0.2) is 45.5 Å². The molecule has 1 heterocycles. The lowest BCUT2D eigenvalue weighted by Gasteiger charge is -2.19. The summed E-state index contributed by atoms with van der Waals surface area (Å²) in [4.78, 5) is 12.3. The fraction of sp³-hybridized carbons (Fsp3) is 0.611. The van der Waals surface area contributed by atoms with Crippen molar-refractivity contribution in [1.29, 1.82) is 0 Å². The first-order chi connectivity index (χ1) is 11.8. The maximum absolute atomic E-state index is 12.6. The van der Waals surface area contributed by atoms with Crippen molar-refractivity contribution in [3.63, 3.8) is 0 Å². The first kappa shape index (κ1) is 19.7. The molecule has 2 atom stereocenters. The normalized spacial score (nSPS) is 18.8. The summed E-state index contributed by atoms with van der Waals surface area (Å²) in [5.74, 6) is -0.112. The van der Waals surface area contributed by atoms with Crippen molar-refractivity contribution < 1.29 is 17.9 Å². The number of benzene rings is 1. The number of rotatable bonds is 7. The van der Waals surface area contributed by atoms with Crippen LogP contribution in [0.1, 0.15) is 37.3 Å². The molecule has 140 valence electrons. The van der Waals surface area contributed by atoms with Gasteiger partial charge in [0.15, 0.2) is 9.84 Å². The van der Waals surface area contributed by atoms with Gasteiger partial charge in [-0.1, -0.05) is 13.0 Å². The lowest BCUT2D eigenvalue weighted by molar-refractivity contribution is 0.111. The van der Waals surface area contributed by atoms with E-state index in [0.717, 1.165) is 30.6 Å². The molecule has 0 bridgehead atoms. The van der Waals surface area contributed by atoms with Crippen LogP contribution >= 0.6 is 0 Å². The molecule has 1 saturated heterocycles. The smallest absolute Gasteiger partial charge is 0.315 e. The minimum Gasteiger partial charge on any atom is -0.376 e. The number of carbonyl (C=O) groups excluding carboxylic acids is 1. The second kappa shape index (κ2) is 8.67. The van der Waals surface area contributed by atoms with Crippen molar-refractivity contribution >= 4 is 15.9 Å². The van der Waals surface area contributed by atoms with Gasteiger partial charge in [-0.15, -0.1) is 0 Å². The van der Waals surface area contributed by atoms with Crippen molar-refractivity contribution in [2.75, 3.05) is 18.9 Å². The quantitative estimate of drug-likeness (QED) is 0.774. The number of carbonyl (C=O) groups is 1. The maximum Gasteiger partial charge on any atom is 0.315 e. The Morgan fingerprint density at radius 1 is 1.32 bits per heavy atom. The zero-order valence-corrected chi connectivity index (χ0v) is 16.0. The van der Waals surface area contributed by atoms with Crippen LogP contribution in [0, 0.1) is 13.8 Å². The Labute approximate surface area is 150 Å². The molecule has 1 fully saturated rings. The van der Waals surface area contributed by atoms with Gasteiger partial charge >= 0.3 is 6.03 Å². The number of hydrogen-bond donors (Lipinski definition) is 2. The molecule has 2 amide bonds. The average molecular weight is 368 g/mol.